The summed E-state index contributed by atoms with van der Waals surface area (Å²) in [5.41, 5.74) is 7.00. The predicted molar refractivity (Wildman–Crippen MR) is 233 cm³/mol. The molecule has 3 aliphatic rings. The van der Waals surface area contributed by atoms with E-state index in [0.29, 0.717) is 43.3 Å². The van der Waals surface area contributed by atoms with E-state index in [1.165, 1.54) is 14.2 Å². The highest BCUT2D eigenvalue weighted by atomic mass is 16.5. The lowest BCUT2D eigenvalue weighted by atomic mass is 9.92. The maximum atomic E-state index is 14.0. The normalized spacial score (nSPS) is 19.0. The zero-order valence-corrected chi connectivity index (χ0v) is 35.5. The van der Waals surface area contributed by atoms with E-state index in [4.69, 9.17) is 24.2 Å². The highest BCUT2D eigenvalue weighted by molar-refractivity contribution is 6.07. The number of alkyl carbamates (subject to hydrolysis) is 2. The Morgan fingerprint density at radius 3 is 2.44 bits per heavy atom. The number of carbonyl (C=O) groups excluding carboxylic acids is 4. The Hall–Kier alpha value is -6.94. The molecule has 2 aromatic heterocycles. The molecule has 5 N–H and O–H groups in total. The third-order valence-corrected chi connectivity index (χ3v) is 12.6. The molecule has 0 saturated carbocycles. The van der Waals surface area contributed by atoms with Gasteiger partial charge in [-0.25, -0.2) is 19.6 Å². The summed E-state index contributed by atoms with van der Waals surface area (Å²) in [7, 11) is 2.54. The second-order valence-corrected chi connectivity index (χ2v) is 16.8. The molecule has 16 heteroatoms. The molecule has 9 rings (SSSR count). The average molecular weight is 855 g/mol. The van der Waals surface area contributed by atoms with Gasteiger partial charge in [-0.1, -0.05) is 62.4 Å². The summed E-state index contributed by atoms with van der Waals surface area (Å²) in [6.45, 7) is 4.87. The van der Waals surface area contributed by atoms with Gasteiger partial charge in [-0.15, -0.1) is 0 Å². The minimum atomic E-state index is -0.903. The molecule has 5 heterocycles. The molecule has 0 bridgehead atoms. The van der Waals surface area contributed by atoms with Gasteiger partial charge in [-0.2, -0.15) is 0 Å². The molecule has 16 nitrogen and oxygen atoms in total. The molecule has 63 heavy (non-hydrogen) atoms. The maximum absolute atomic E-state index is 14.0. The van der Waals surface area contributed by atoms with Gasteiger partial charge < -0.3 is 49.7 Å². The van der Waals surface area contributed by atoms with Gasteiger partial charge in [-0.05, 0) is 77.1 Å². The summed E-state index contributed by atoms with van der Waals surface area (Å²) in [5.74, 6) is 1.20. The first-order chi connectivity index (χ1) is 30.5. The van der Waals surface area contributed by atoms with Crippen LogP contribution in [0.1, 0.15) is 74.0 Å². The number of methoxy groups -OCH3 is 2. The Labute approximate surface area is 363 Å². The van der Waals surface area contributed by atoms with Crippen molar-refractivity contribution in [1.29, 1.82) is 0 Å². The number of aromatic nitrogens is 4. The molecule has 0 aliphatic carbocycles. The highest BCUT2D eigenvalue weighted by Crippen LogP contribution is 2.44. The number of aromatic amines is 2. The van der Waals surface area contributed by atoms with Crippen LogP contribution in [0.4, 0.5) is 9.59 Å². The van der Waals surface area contributed by atoms with E-state index in [1.54, 1.807) is 16.0 Å². The Bertz CT molecular complexity index is 2710. The smallest absolute Gasteiger partial charge is 0.407 e. The van der Waals surface area contributed by atoms with Gasteiger partial charge in [0.2, 0.25) is 5.91 Å². The van der Waals surface area contributed by atoms with E-state index in [2.05, 4.69) is 44.9 Å². The van der Waals surface area contributed by atoms with E-state index in [1.807, 2.05) is 62.4 Å². The fourth-order valence-corrected chi connectivity index (χ4v) is 9.32. The summed E-state index contributed by atoms with van der Waals surface area (Å²) in [5, 5.41) is 17.4. The van der Waals surface area contributed by atoms with Crippen molar-refractivity contribution in [1.82, 2.24) is 40.4 Å². The van der Waals surface area contributed by atoms with E-state index < -0.39 is 30.3 Å². The molecular formula is C47H50N8O8. The first kappa shape index (κ1) is 41.4. The van der Waals surface area contributed by atoms with Gasteiger partial charge in [0.25, 0.3) is 5.91 Å². The zero-order chi connectivity index (χ0) is 43.9. The minimum Gasteiger partial charge on any atom is -0.488 e. The van der Waals surface area contributed by atoms with Gasteiger partial charge in [0, 0.05) is 36.6 Å². The standard InChI is InChI=1S/C47H50N8O8/c1-25(2)39(52-46(59)61-3)44(57)55-22-26(23-56)17-37(55)43-49-34-15-13-28-19-33-31-14-12-29(18-30(31)24-63-38(33)20-32(28)41(34)51-43)35-21-48-42(50-35)36-11-8-16-54(36)45(58)40(53-47(60)62-4)27-9-6-5-7-10-27/h5-7,9-10,12-15,18-21,25-26,36-37,39-40,56H,8,11,16-17,22-24H2,1-4H3,(H,48,50)(H,49,51)(H,52,59)(H,53,60)/t26-,36-,37-,39-,40+/m0/s1. The quantitative estimate of drug-likeness (QED) is 0.0988. The number of ether oxygens (including phenoxy) is 3. The zero-order valence-electron chi connectivity index (χ0n) is 35.5. The van der Waals surface area contributed by atoms with Crippen LogP contribution in [0, 0.1) is 11.8 Å². The van der Waals surface area contributed by atoms with E-state index >= 15 is 0 Å². The Morgan fingerprint density at radius 1 is 0.889 bits per heavy atom. The van der Waals surface area contributed by atoms with Crippen LogP contribution >= 0.6 is 0 Å². The number of amides is 4. The third-order valence-electron chi connectivity index (χ3n) is 12.6. The maximum Gasteiger partial charge on any atom is 0.407 e. The molecule has 2 saturated heterocycles. The summed E-state index contributed by atoms with van der Waals surface area (Å²) < 4.78 is 16.1. The van der Waals surface area contributed by atoms with Gasteiger partial charge in [0.1, 0.15) is 36.1 Å². The molecule has 0 spiro atoms. The van der Waals surface area contributed by atoms with Crippen LogP contribution in [0.25, 0.3) is 44.2 Å². The summed E-state index contributed by atoms with van der Waals surface area (Å²) in [4.78, 5) is 72.6. The molecule has 6 aromatic rings. The molecular weight excluding hydrogens is 805 g/mol. The van der Waals surface area contributed by atoms with E-state index in [0.717, 1.165) is 68.3 Å². The number of aliphatic hydroxyl groups excluding tert-OH is 1. The van der Waals surface area contributed by atoms with Gasteiger partial charge >= 0.3 is 12.2 Å². The molecule has 3 aliphatic heterocycles. The molecule has 4 amide bonds. The molecule has 5 atom stereocenters. The van der Waals surface area contributed by atoms with Crippen molar-refractivity contribution in [3.8, 4) is 28.1 Å². The number of imidazole rings is 2. The third kappa shape index (κ3) is 7.79. The number of nitrogens with zero attached hydrogens (tertiary/aromatic N) is 4. The Balaban J connectivity index is 0.964. The largest absolute Gasteiger partial charge is 0.488 e. The van der Waals surface area contributed by atoms with Crippen molar-refractivity contribution < 1.29 is 38.5 Å². The van der Waals surface area contributed by atoms with Crippen LogP contribution in [0.15, 0.2) is 79.0 Å². The number of hydrogen-bond donors (Lipinski definition) is 5. The first-order valence-electron chi connectivity index (χ1n) is 21.3. The average Bonchev–Trinajstić information content (AvgIpc) is 4.15. The van der Waals surface area contributed by atoms with E-state index in [-0.39, 0.29) is 36.3 Å². The number of likely N-dealkylation sites (tertiary alicyclic amines) is 2. The molecule has 0 unspecified atom stereocenters. The lowest BCUT2D eigenvalue weighted by Gasteiger charge is -2.30. The summed E-state index contributed by atoms with van der Waals surface area (Å²) >= 11 is 0. The van der Waals surface area contributed by atoms with Crippen LogP contribution in [0.5, 0.6) is 5.75 Å². The van der Waals surface area contributed by atoms with Crippen molar-refractivity contribution in [2.45, 2.75) is 63.9 Å². The van der Waals surface area contributed by atoms with Crippen molar-refractivity contribution in [3.05, 3.63) is 102 Å². The second kappa shape index (κ2) is 17.1. The monoisotopic (exact) mass is 854 g/mol. The number of H-pyrrole nitrogens is 2. The van der Waals surface area contributed by atoms with Crippen LogP contribution in [-0.4, -0.2) is 98.8 Å². The Morgan fingerprint density at radius 2 is 1.68 bits per heavy atom. The minimum absolute atomic E-state index is 0.0775. The highest BCUT2D eigenvalue weighted by Gasteiger charge is 2.42. The summed E-state index contributed by atoms with van der Waals surface area (Å²) in [6, 6.07) is 21.1. The van der Waals surface area contributed by atoms with Crippen molar-refractivity contribution in [2.24, 2.45) is 11.8 Å². The topological polar surface area (TPSA) is 204 Å². The number of rotatable bonds is 10. The van der Waals surface area contributed by atoms with Crippen molar-refractivity contribution in [2.75, 3.05) is 33.9 Å². The number of fused-ring (bicyclic) bond motifs is 6. The van der Waals surface area contributed by atoms with Crippen molar-refractivity contribution in [3.63, 3.8) is 0 Å². The van der Waals surface area contributed by atoms with Crippen LogP contribution in [0.2, 0.25) is 0 Å². The number of aliphatic hydroxyl groups is 1. The van der Waals surface area contributed by atoms with E-state index in [9.17, 15) is 24.3 Å². The fourth-order valence-electron chi connectivity index (χ4n) is 9.32. The van der Waals surface area contributed by atoms with Gasteiger partial charge in [-0.3, -0.25) is 9.59 Å². The SMILES string of the molecule is COC(=O)N[C@H](C(=O)N1C[C@@H](CO)C[C@H]1c1nc2ccc3cc4c(cc3c2[nH]1)OCc1cc(-c2cnc([C@@H]3CCCN3C(=O)[C@H](NC(=O)OC)c3ccccc3)[nH]2)ccc1-4)C(C)C. The fraction of sp³-hybridized carbons (Fsp3) is 0.362. The van der Waals surface area contributed by atoms with Crippen LogP contribution in [0.3, 0.4) is 0 Å². The molecule has 2 fully saturated rings. The first-order valence-corrected chi connectivity index (χ1v) is 21.3. The Kier molecular flexibility index (Phi) is 11.2. The van der Waals surface area contributed by atoms with Gasteiger partial charge in [0.15, 0.2) is 0 Å². The number of carbonyl (C=O) groups is 4. The number of hydrogen-bond acceptors (Lipinski definition) is 10. The van der Waals surface area contributed by atoms with Gasteiger partial charge in [0.05, 0.1) is 49.2 Å². The second-order valence-electron chi connectivity index (χ2n) is 16.8. The number of benzene rings is 4. The molecule has 326 valence electrons. The lowest BCUT2D eigenvalue weighted by Crippen LogP contribution is -2.51. The molecule has 0 radical (unpaired) electrons. The summed E-state index contributed by atoms with van der Waals surface area (Å²) in [6.07, 6.45) is 2.47. The number of nitrogens with one attached hydrogen (secondary N) is 4. The predicted octanol–water partition coefficient (Wildman–Crippen LogP) is 6.69. The molecule has 4 aromatic carbocycles. The van der Waals surface area contributed by atoms with Crippen molar-refractivity contribution >= 4 is 45.8 Å². The van der Waals surface area contributed by atoms with Crippen LogP contribution < -0.4 is 15.4 Å². The lowest BCUT2D eigenvalue weighted by molar-refractivity contribution is -0.136. The van der Waals surface area contributed by atoms with Crippen LogP contribution in [-0.2, 0) is 25.7 Å².